The minimum atomic E-state index is -4.58. The number of carbonyl (C=O) groups excluding carboxylic acids is 2. The van der Waals surface area contributed by atoms with Crippen LogP contribution < -0.4 is 10.7 Å². The molecule has 3 aromatic rings. The average molecular weight is 401 g/mol. The van der Waals surface area contributed by atoms with E-state index in [9.17, 15) is 27.9 Å². The number of phenols is 1. The largest absolute Gasteiger partial charge is 0.507 e. The van der Waals surface area contributed by atoms with Gasteiger partial charge in [-0.3, -0.25) is 9.59 Å². The summed E-state index contributed by atoms with van der Waals surface area (Å²) >= 11 is 0. The number of aromatic hydroxyl groups is 1. The predicted octanol–water partition coefficient (Wildman–Crippen LogP) is 3.65. The number of alkyl halides is 3. The highest BCUT2D eigenvalue weighted by molar-refractivity contribution is 6.39. The zero-order valence-corrected chi connectivity index (χ0v) is 14.7. The number of hydrogen-bond acceptors (Lipinski definition) is 4. The number of nitrogens with one attached hydrogen (secondary N) is 2. The Hall–Kier alpha value is -3.88. The van der Waals surface area contributed by atoms with Gasteiger partial charge in [-0.2, -0.15) is 18.3 Å². The van der Waals surface area contributed by atoms with E-state index in [2.05, 4.69) is 10.4 Å². The van der Waals surface area contributed by atoms with Crippen molar-refractivity contribution in [2.45, 2.75) is 6.18 Å². The number of carbonyl (C=O) groups is 2. The molecular formula is C20H14F3N3O3. The molecule has 0 aliphatic rings. The van der Waals surface area contributed by atoms with Crippen molar-refractivity contribution < 1.29 is 27.9 Å². The molecule has 3 rings (SSSR count). The van der Waals surface area contributed by atoms with E-state index >= 15 is 0 Å². The van der Waals surface area contributed by atoms with Gasteiger partial charge in [-0.15, -0.1) is 0 Å². The lowest BCUT2D eigenvalue weighted by Gasteiger charge is -2.09. The van der Waals surface area contributed by atoms with Crippen LogP contribution in [0.5, 0.6) is 5.75 Å². The Morgan fingerprint density at radius 2 is 1.72 bits per heavy atom. The molecule has 0 spiro atoms. The molecule has 0 saturated carbocycles. The van der Waals surface area contributed by atoms with Gasteiger partial charge in [0.15, 0.2) is 0 Å². The van der Waals surface area contributed by atoms with E-state index in [4.69, 9.17) is 0 Å². The molecule has 0 bridgehead atoms. The summed E-state index contributed by atoms with van der Waals surface area (Å²) in [4.78, 5) is 23.7. The van der Waals surface area contributed by atoms with Crippen LogP contribution in [0.25, 0.3) is 10.8 Å². The molecule has 0 unspecified atom stereocenters. The molecule has 148 valence electrons. The van der Waals surface area contributed by atoms with Gasteiger partial charge in [-0.05, 0) is 35.0 Å². The zero-order chi connectivity index (χ0) is 21.0. The van der Waals surface area contributed by atoms with Crippen LogP contribution in [0, 0.1) is 0 Å². The summed E-state index contributed by atoms with van der Waals surface area (Å²) in [6.07, 6.45) is -3.40. The molecule has 0 atom stereocenters. The number of hydrazone groups is 1. The van der Waals surface area contributed by atoms with Gasteiger partial charge < -0.3 is 10.4 Å². The molecule has 0 fully saturated rings. The smallest absolute Gasteiger partial charge is 0.416 e. The van der Waals surface area contributed by atoms with E-state index in [1.54, 1.807) is 18.2 Å². The summed E-state index contributed by atoms with van der Waals surface area (Å²) in [7, 11) is 0. The Morgan fingerprint density at radius 3 is 2.48 bits per heavy atom. The molecule has 3 aromatic carbocycles. The standard InChI is InChI=1S/C20H14F3N3O3/c21-20(22,23)13-5-3-6-14(10-13)25-18(28)19(29)26-24-11-16-15-7-2-1-4-12(15)8-9-17(16)27/h1-11,27H,(H,25,28)(H,26,29)/b24-11-. The summed E-state index contributed by atoms with van der Waals surface area (Å²) in [5.74, 6) is -2.45. The van der Waals surface area contributed by atoms with E-state index < -0.39 is 23.6 Å². The topological polar surface area (TPSA) is 90.8 Å². The van der Waals surface area contributed by atoms with Crippen LogP contribution in [0.1, 0.15) is 11.1 Å². The number of phenolic OH excluding ortho intramolecular Hbond substituents is 1. The summed E-state index contributed by atoms with van der Waals surface area (Å²) in [5.41, 5.74) is 1.17. The minimum absolute atomic E-state index is 0.0740. The summed E-state index contributed by atoms with van der Waals surface area (Å²) in [6, 6.07) is 14.2. The molecule has 0 aromatic heterocycles. The lowest BCUT2D eigenvalue weighted by molar-refractivity contribution is -0.137. The fourth-order valence-electron chi connectivity index (χ4n) is 2.59. The van der Waals surface area contributed by atoms with Crippen LogP contribution in [0.2, 0.25) is 0 Å². The molecule has 2 amide bonds. The number of hydrogen-bond donors (Lipinski definition) is 3. The van der Waals surface area contributed by atoms with Gasteiger partial charge in [-0.1, -0.05) is 36.4 Å². The van der Waals surface area contributed by atoms with E-state index in [0.717, 1.165) is 17.5 Å². The van der Waals surface area contributed by atoms with Gasteiger partial charge in [0.05, 0.1) is 11.8 Å². The summed E-state index contributed by atoms with van der Waals surface area (Å²) in [6.45, 7) is 0. The molecule has 3 N–H and O–H groups in total. The van der Waals surface area contributed by atoms with Crippen molar-refractivity contribution in [1.82, 2.24) is 5.43 Å². The third-order valence-electron chi connectivity index (χ3n) is 3.96. The number of halogens is 3. The first-order valence-electron chi connectivity index (χ1n) is 8.28. The number of nitrogens with zero attached hydrogens (tertiary/aromatic N) is 1. The number of anilines is 1. The van der Waals surface area contributed by atoms with Crippen molar-refractivity contribution in [3.63, 3.8) is 0 Å². The second-order valence-electron chi connectivity index (χ2n) is 5.95. The van der Waals surface area contributed by atoms with Crippen LogP contribution in [0.15, 0.2) is 65.8 Å². The highest BCUT2D eigenvalue weighted by Gasteiger charge is 2.30. The van der Waals surface area contributed by atoms with Crippen molar-refractivity contribution in [2.24, 2.45) is 5.10 Å². The fourth-order valence-corrected chi connectivity index (χ4v) is 2.59. The van der Waals surface area contributed by atoms with E-state index in [1.165, 1.54) is 18.3 Å². The molecule has 6 nitrogen and oxygen atoms in total. The highest BCUT2D eigenvalue weighted by atomic mass is 19.4. The first-order chi connectivity index (χ1) is 13.8. The molecule has 0 aliphatic carbocycles. The maximum absolute atomic E-state index is 12.7. The lowest BCUT2D eigenvalue weighted by Crippen LogP contribution is -2.32. The number of amides is 2. The van der Waals surface area contributed by atoms with Crippen molar-refractivity contribution >= 4 is 34.5 Å². The Bertz CT molecular complexity index is 1110. The fraction of sp³-hybridized carbons (Fsp3) is 0.0500. The van der Waals surface area contributed by atoms with Gasteiger partial charge in [0.1, 0.15) is 5.75 Å². The van der Waals surface area contributed by atoms with Crippen molar-refractivity contribution in [1.29, 1.82) is 0 Å². The molecular weight excluding hydrogens is 387 g/mol. The predicted molar refractivity (Wildman–Crippen MR) is 101 cm³/mol. The highest BCUT2D eigenvalue weighted by Crippen LogP contribution is 2.30. The van der Waals surface area contributed by atoms with E-state index in [0.29, 0.717) is 17.0 Å². The van der Waals surface area contributed by atoms with Gasteiger partial charge >= 0.3 is 18.0 Å². The normalized spacial score (nSPS) is 11.6. The molecule has 0 saturated heterocycles. The quantitative estimate of drug-likeness (QED) is 0.355. The Labute approximate surface area is 162 Å². The van der Waals surface area contributed by atoms with Crippen LogP contribution in [-0.4, -0.2) is 23.1 Å². The maximum atomic E-state index is 12.7. The van der Waals surface area contributed by atoms with Crippen molar-refractivity contribution in [3.8, 4) is 5.75 Å². The first-order valence-corrected chi connectivity index (χ1v) is 8.28. The third-order valence-corrected chi connectivity index (χ3v) is 3.96. The number of fused-ring (bicyclic) bond motifs is 1. The SMILES string of the molecule is O=C(N/N=C\c1c(O)ccc2ccccc12)C(=O)Nc1cccc(C(F)(F)F)c1. The van der Waals surface area contributed by atoms with E-state index in [1.807, 2.05) is 17.6 Å². The Balaban J connectivity index is 1.69. The molecule has 0 heterocycles. The van der Waals surface area contributed by atoms with E-state index in [-0.39, 0.29) is 11.4 Å². The minimum Gasteiger partial charge on any atom is -0.507 e. The van der Waals surface area contributed by atoms with Crippen molar-refractivity contribution in [3.05, 3.63) is 71.8 Å². The third kappa shape index (κ3) is 4.70. The van der Waals surface area contributed by atoms with Gasteiger partial charge in [0.2, 0.25) is 0 Å². The van der Waals surface area contributed by atoms with Gasteiger partial charge in [0, 0.05) is 11.3 Å². The average Bonchev–Trinajstić information content (AvgIpc) is 2.69. The van der Waals surface area contributed by atoms with Crippen LogP contribution in [0.3, 0.4) is 0 Å². The zero-order valence-electron chi connectivity index (χ0n) is 14.7. The van der Waals surface area contributed by atoms with Gasteiger partial charge in [-0.25, -0.2) is 5.43 Å². The van der Waals surface area contributed by atoms with Crippen LogP contribution in [0.4, 0.5) is 18.9 Å². The first kappa shape index (κ1) is 19.9. The second-order valence-corrected chi connectivity index (χ2v) is 5.95. The molecule has 0 aliphatic heterocycles. The number of rotatable bonds is 3. The Kier molecular flexibility index (Phi) is 5.49. The lowest BCUT2D eigenvalue weighted by atomic mass is 10.0. The van der Waals surface area contributed by atoms with Gasteiger partial charge in [0.25, 0.3) is 0 Å². The van der Waals surface area contributed by atoms with Crippen molar-refractivity contribution in [2.75, 3.05) is 5.32 Å². The van der Waals surface area contributed by atoms with Crippen LogP contribution >= 0.6 is 0 Å². The summed E-state index contributed by atoms with van der Waals surface area (Å²) < 4.78 is 38.1. The molecule has 29 heavy (non-hydrogen) atoms. The number of benzene rings is 3. The monoisotopic (exact) mass is 401 g/mol. The van der Waals surface area contributed by atoms with Crippen LogP contribution in [-0.2, 0) is 15.8 Å². The Morgan fingerprint density at radius 1 is 0.966 bits per heavy atom. The molecule has 9 heteroatoms. The summed E-state index contributed by atoms with van der Waals surface area (Å²) in [5, 5.41) is 17.2. The molecule has 0 radical (unpaired) electrons. The maximum Gasteiger partial charge on any atom is 0.416 e. The second kappa shape index (κ2) is 8.01.